The molecule has 198 valence electrons. The van der Waals surface area contributed by atoms with Gasteiger partial charge in [0.25, 0.3) is 0 Å². The predicted molar refractivity (Wildman–Crippen MR) is 150 cm³/mol. The Morgan fingerprint density at radius 1 is 0.974 bits per heavy atom. The molecule has 0 atom stereocenters. The molecule has 4 aromatic rings. The number of rotatable bonds is 5. The number of methoxy groups -OCH3 is 1. The summed E-state index contributed by atoms with van der Waals surface area (Å²) < 4.78 is 5.12. The molecule has 0 unspecified atom stereocenters. The maximum Gasteiger partial charge on any atom is 0.242 e. The Balaban J connectivity index is 0.000000178. The number of hydrogen-bond acceptors (Lipinski definition) is 4. The lowest BCUT2D eigenvalue weighted by Gasteiger charge is -2.32. The molecule has 0 aliphatic carbocycles. The van der Waals surface area contributed by atoms with Crippen LogP contribution >= 0.6 is 0 Å². The first-order chi connectivity index (χ1) is 18.3. The molecule has 1 aliphatic rings. The van der Waals surface area contributed by atoms with E-state index in [9.17, 15) is 14.4 Å². The molecule has 1 aromatic heterocycles. The molecule has 1 N–H and O–H groups in total. The number of H-pyrrole nitrogens is 1. The molecule has 1 fully saturated rings. The normalized spacial score (nSPS) is 12.7. The summed E-state index contributed by atoms with van der Waals surface area (Å²) in [5.41, 5.74) is 5.24. The molecule has 1 aliphatic heterocycles. The number of aryl methyl sites for hydroxylation is 2. The molecule has 5 rings (SSSR count). The Morgan fingerprint density at radius 2 is 1.74 bits per heavy atom. The number of fused-ring (bicyclic) bond motifs is 1. The largest absolute Gasteiger partial charge is 0.497 e. The summed E-state index contributed by atoms with van der Waals surface area (Å²) in [5.74, 6) is 0.854. The van der Waals surface area contributed by atoms with Gasteiger partial charge < -0.3 is 19.5 Å². The number of benzene rings is 3. The summed E-state index contributed by atoms with van der Waals surface area (Å²) in [6.45, 7) is 7.35. The molecule has 0 spiro atoms. The second-order valence-corrected chi connectivity index (χ2v) is 9.21. The van der Waals surface area contributed by atoms with E-state index in [0.29, 0.717) is 31.6 Å². The minimum atomic E-state index is -0.0634. The van der Waals surface area contributed by atoms with E-state index < -0.39 is 0 Å². The number of Topliss-reactive ketones (excluding diaryl/α,β-unsaturated/α-hetero) is 1. The molecule has 2 amide bonds. The third-order valence-electron chi connectivity index (χ3n) is 6.11. The van der Waals surface area contributed by atoms with Gasteiger partial charge in [-0.3, -0.25) is 14.4 Å². The summed E-state index contributed by atoms with van der Waals surface area (Å²) in [7, 11) is 1.68. The molecule has 0 bridgehead atoms. The number of nitrogens with zero attached hydrogens (tertiary/aromatic N) is 2. The number of amides is 2. The van der Waals surface area contributed by atoms with Gasteiger partial charge in [0.15, 0.2) is 5.78 Å². The zero-order chi connectivity index (χ0) is 27.5. The average molecular weight is 514 g/mol. The molecule has 7 heteroatoms. The van der Waals surface area contributed by atoms with E-state index >= 15 is 0 Å². The van der Waals surface area contributed by atoms with Crippen molar-refractivity contribution in [3.63, 3.8) is 0 Å². The summed E-state index contributed by atoms with van der Waals surface area (Å²) in [6, 6.07) is 25.7. The van der Waals surface area contributed by atoms with Crippen LogP contribution in [0.25, 0.3) is 10.9 Å². The minimum absolute atomic E-state index is 0.0129. The van der Waals surface area contributed by atoms with Gasteiger partial charge in [-0.2, -0.15) is 0 Å². The highest BCUT2D eigenvalue weighted by Crippen LogP contribution is 2.20. The van der Waals surface area contributed by atoms with Crippen LogP contribution in [0.3, 0.4) is 0 Å². The molecule has 0 radical (unpaired) electrons. The molecular formula is C31H35N3O4. The fourth-order valence-corrected chi connectivity index (χ4v) is 4.01. The van der Waals surface area contributed by atoms with Crippen molar-refractivity contribution in [3.8, 4) is 5.75 Å². The van der Waals surface area contributed by atoms with Crippen LogP contribution in [0.15, 0.2) is 78.9 Å². The van der Waals surface area contributed by atoms with Crippen LogP contribution in [-0.2, 0) is 16.1 Å². The first-order valence-corrected chi connectivity index (χ1v) is 12.5. The summed E-state index contributed by atoms with van der Waals surface area (Å²) in [5, 5.41) is 1.20. The van der Waals surface area contributed by atoms with Gasteiger partial charge in [0.2, 0.25) is 12.3 Å². The Bertz CT molecular complexity index is 1360. The third kappa shape index (κ3) is 8.34. The summed E-state index contributed by atoms with van der Waals surface area (Å²) in [4.78, 5) is 40.2. The highest BCUT2D eigenvalue weighted by atomic mass is 16.5. The predicted octanol–water partition coefficient (Wildman–Crippen LogP) is 5.17. The second-order valence-electron chi connectivity index (χ2n) is 9.21. The van der Waals surface area contributed by atoms with Crippen molar-refractivity contribution in [2.75, 3.05) is 26.7 Å². The van der Waals surface area contributed by atoms with E-state index in [1.54, 1.807) is 18.1 Å². The smallest absolute Gasteiger partial charge is 0.242 e. The Labute approximate surface area is 224 Å². The maximum absolute atomic E-state index is 11.8. The number of carbonyl (C=O) groups excluding carboxylic acids is 3. The van der Waals surface area contributed by atoms with Crippen LogP contribution in [0.2, 0.25) is 0 Å². The number of carbonyl (C=O) groups is 3. The molecule has 7 nitrogen and oxygen atoms in total. The number of aromatic nitrogens is 1. The minimum Gasteiger partial charge on any atom is -0.497 e. The van der Waals surface area contributed by atoms with Crippen molar-refractivity contribution < 1.29 is 19.1 Å². The van der Waals surface area contributed by atoms with Crippen LogP contribution in [0.4, 0.5) is 0 Å². The zero-order valence-electron chi connectivity index (χ0n) is 22.4. The Kier molecular flexibility index (Phi) is 10.2. The first-order valence-electron chi connectivity index (χ1n) is 12.5. The Morgan fingerprint density at radius 3 is 2.34 bits per heavy atom. The number of aromatic amines is 1. The van der Waals surface area contributed by atoms with Crippen molar-refractivity contribution in [1.82, 2.24) is 14.8 Å². The Hall–Kier alpha value is -4.39. The van der Waals surface area contributed by atoms with Crippen molar-refractivity contribution in [1.29, 1.82) is 0 Å². The van der Waals surface area contributed by atoms with Crippen molar-refractivity contribution in [3.05, 3.63) is 101 Å². The first kappa shape index (κ1) is 28.2. The molecule has 1 saturated heterocycles. The SMILES string of the molecule is CC(=O)c1cccc(CN2CCN(C=O)CC2=O)c1.COc1ccc2[nH]c(C)cc2c1.Cc1ccccc1. The standard InChI is InChI=1S/C14H16N2O3.C10H11NO.C7H8/c1-11(18)13-4-2-3-12(7-13)8-16-6-5-15(10-17)9-14(16)19;1-7-5-8-6-9(12-2)3-4-10(8)11-7;1-7-5-3-2-4-6-7/h2-4,7,10H,5-6,8-9H2,1H3;3-6,11H,1-2H3;2-6H,1H3. The second kappa shape index (κ2) is 13.8. The number of hydrogen-bond donors (Lipinski definition) is 1. The molecule has 0 saturated carbocycles. The number of piperazine rings is 1. The van der Waals surface area contributed by atoms with Gasteiger partial charge in [0, 0.05) is 41.8 Å². The fourth-order valence-electron chi connectivity index (χ4n) is 4.01. The van der Waals surface area contributed by atoms with Crippen LogP contribution in [0.1, 0.15) is 34.1 Å². The van der Waals surface area contributed by atoms with Crippen molar-refractivity contribution in [2.45, 2.75) is 27.3 Å². The lowest BCUT2D eigenvalue weighted by molar-refractivity contribution is -0.140. The number of ether oxygens (including phenoxy) is 1. The zero-order valence-corrected chi connectivity index (χ0v) is 22.4. The van der Waals surface area contributed by atoms with E-state index in [1.807, 2.05) is 61.5 Å². The van der Waals surface area contributed by atoms with Gasteiger partial charge in [-0.05, 0) is 56.7 Å². The van der Waals surface area contributed by atoms with Crippen LogP contribution in [0.5, 0.6) is 5.75 Å². The van der Waals surface area contributed by atoms with Crippen molar-refractivity contribution >= 4 is 29.0 Å². The lowest BCUT2D eigenvalue weighted by atomic mass is 10.1. The molecule has 2 heterocycles. The quantitative estimate of drug-likeness (QED) is 0.295. The van der Waals surface area contributed by atoms with E-state index in [-0.39, 0.29) is 18.2 Å². The van der Waals surface area contributed by atoms with E-state index in [4.69, 9.17) is 4.74 Å². The van der Waals surface area contributed by atoms with Crippen LogP contribution in [-0.4, -0.2) is 59.6 Å². The van der Waals surface area contributed by atoms with E-state index in [0.717, 1.165) is 16.8 Å². The van der Waals surface area contributed by atoms with Gasteiger partial charge in [-0.25, -0.2) is 0 Å². The third-order valence-corrected chi connectivity index (χ3v) is 6.11. The van der Waals surface area contributed by atoms with Gasteiger partial charge in [-0.15, -0.1) is 0 Å². The topological polar surface area (TPSA) is 82.7 Å². The summed E-state index contributed by atoms with van der Waals surface area (Å²) in [6.07, 6.45) is 0.700. The molecule has 3 aromatic carbocycles. The van der Waals surface area contributed by atoms with Crippen molar-refractivity contribution in [2.24, 2.45) is 0 Å². The highest BCUT2D eigenvalue weighted by Gasteiger charge is 2.22. The van der Waals surface area contributed by atoms with Gasteiger partial charge in [-0.1, -0.05) is 54.1 Å². The summed E-state index contributed by atoms with van der Waals surface area (Å²) >= 11 is 0. The molecule has 38 heavy (non-hydrogen) atoms. The van der Waals surface area contributed by atoms with Gasteiger partial charge in [0.05, 0.1) is 13.7 Å². The lowest BCUT2D eigenvalue weighted by Crippen LogP contribution is -2.49. The average Bonchev–Trinajstić information content (AvgIpc) is 3.30. The van der Waals surface area contributed by atoms with E-state index in [2.05, 4.69) is 30.1 Å². The number of nitrogens with one attached hydrogen (secondary N) is 1. The monoisotopic (exact) mass is 513 g/mol. The van der Waals surface area contributed by atoms with Crippen LogP contribution < -0.4 is 4.74 Å². The van der Waals surface area contributed by atoms with Gasteiger partial charge in [0.1, 0.15) is 5.75 Å². The highest BCUT2D eigenvalue weighted by molar-refractivity contribution is 5.94. The van der Waals surface area contributed by atoms with Gasteiger partial charge >= 0.3 is 0 Å². The fraction of sp³-hybridized carbons (Fsp3) is 0.258. The number of ketones is 1. The van der Waals surface area contributed by atoms with E-state index in [1.165, 1.54) is 28.5 Å². The molecular weight excluding hydrogens is 478 g/mol. The maximum atomic E-state index is 11.8. The van der Waals surface area contributed by atoms with Crippen LogP contribution in [0, 0.1) is 13.8 Å².